The van der Waals surface area contributed by atoms with Gasteiger partial charge in [-0.3, -0.25) is 9.59 Å². The summed E-state index contributed by atoms with van der Waals surface area (Å²) in [5.74, 6) is 0.938. The van der Waals surface area contributed by atoms with Gasteiger partial charge in [0.2, 0.25) is 5.95 Å². The Hall–Kier alpha value is -3.96. The van der Waals surface area contributed by atoms with E-state index in [1.54, 1.807) is 38.6 Å². The van der Waals surface area contributed by atoms with E-state index >= 15 is 0 Å². The first-order valence-corrected chi connectivity index (χ1v) is 14.2. The van der Waals surface area contributed by atoms with E-state index in [2.05, 4.69) is 27.6 Å². The second-order valence-electron chi connectivity index (χ2n) is 10.3. The van der Waals surface area contributed by atoms with Crippen molar-refractivity contribution in [1.29, 1.82) is 0 Å². The van der Waals surface area contributed by atoms with Crippen molar-refractivity contribution in [2.75, 3.05) is 32.6 Å². The summed E-state index contributed by atoms with van der Waals surface area (Å²) in [5.41, 5.74) is 3.53. The average Bonchev–Trinajstić information content (AvgIpc) is 3.47. The molecule has 0 atom stereocenters. The molecule has 4 aromatic rings. The molecule has 10 nitrogen and oxygen atoms in total. The van der Waals surface area contributed by atoms with Crippen molar-refractivity contribution in [3.8, 4) is 22.6 Å². The summed E-state index contributed by atoms with van der Waals surface area (Å²) in [7, 11) is 5.33. The predicted molar refractivity (Wildman–Crippen MR) is 158 cm³/mol. The van der Waals surface area contributed by atoms with E-state index in [4.69, 9.17) is 14.5 Å². The summed E-state index contributed by atoms with van der Waals surface area (Å²) in [6, 6.07) is 7.36. The van der Waals surface area contributed by atoms with Gasteiger partial charge in [-0.15, -0.1) is 0 Å². The number of likely N-dealkylation sites (tertiary alicyclic amines) is 1. The van der Waals surface area contributed by atoms with Gasteiger partial charge in [0.15, 0.2) is 5.75 Å². The van der Waals surface area contributed by atoms with E-state index in [9.17, 15) is 9.59 Å². The number of aromatic nitrogens is 3. The molecule has 0 saturated carbocycles. The van der Waals surface area contributed by atoms with E-state index in [1.165, 1.54) is 15.9 Å². The predicted octanol–water partition coefficient (Wildman–Crippen LogP) is 4.42. The van der Waals surface area contributed by atoms with Crippen molar-refractivity contribution < 1.29 is 14.3 Å². The fourth-order valence-corrected chi connectivity index (χ4v) is 5.49. The van der Waals surface area contributed by atoms with Gasteiger partial charge in [-0.1, -0.05) is 0 Å². The Morgan fingerprint density at radius 3 is 2.62 bits per heavy atom. The average molecular weight is 563 g/mol. The number of hydrogen-bond acceptors (Lipinski definition) is 9. The molecule has 1 aromatic carbocycles. The third kappa shape index (κ3) is 5.66. The zero-order valence-corrected chi connectivity index (χ0v) is 24.2. The van der Waals surface area contributed by atoms with Crippen molar-refractivity contribution in [1.82, 2.24) is 24.8 Å². The molecule has 2 N–H and O–H groups in total. The minimum Gasteiger partial charge on any atom is -0.495 e. The monoisotopic (exact) mass is 562 g/mol. The minimum absolute atomic E-state index is 0.125. The summed E-state index contributed by atoms with van der Waals surface area (Å²) in [6.07, 6.45) is 3.29. The van der Waals surface area contributed by atoms with Crippen LogP contribution >= 0.6 is 11.3 Å². The lowest BCUT2D eigenvalue weighted by Crippen LogP contribution is -2.43. The Kier molecular flexibility index (Phi) is 8.04. The van der Waals surface area contributed by atoms with E-state index in [0.717, 1.165) is 31.5 Å². The number of benzene rings is 1. The number of fused-ring (bicyclic) bond motifs is 1. The van der Waals surface area contributed by atoms with Crippen LogP contribution in [0.2, 0.25) is 0 Å². The van der Waals surface area contributed by atoms with E-state index in [-0.39, 0.29) is 29.4 Å². The van der Waals surface area contributed by atoms with Gasteiger partial charge in [0.25, 0.3) is 11.5 Å². The maximum atomic E-state index is 13.2. The Bertz CT molecular complexity index is 1580. The maximum absolute atomic E-state index is 13.2. The van der Waals surface area contributed by atoms with Crippen molar-refractivity contribution in [2.24, 2.45) is 7.05 Å². The Morgan fingerprint density at radius 2 is 1.95 bits per heavy atom. The van der Waals surface area contributed by atoms with Crippen LogP contribution in [-0.2, 0) is 7.05 Å². The molecule has 0 radical (unpaired) electrons. The van der Waals surface area contributed by atoms with Gasteiger partial charge >= 0.3 is 0 Å². The summed E-state index contributed by atoms with van der Waals surface area (Å²) in [5, 5.41) is 10.3. The molecule has 1 amide bonds. The number of nitrogens with one attached hydrogen (secondary N) is 2. The molecule has 1 aliphatic rings. The van der Waals surface area contributed by atoms with E-state index < -0.39 is 0 Å². The number of carbonyl (C=O) groups excluding carboxylic acids is 1. The van der Waals surface area contributed by atoms with Crippen molar-refractivity contribution in [3.63, 3.8) is 0 Å². The highest BCUT2D eigenvalue weighted by Gasteiger charge is 2.23. The number of methoxy groups -OCH3 is 1. The standard InChI is InChI=1S/C29H34N6O4S/c1-17(2)39-26-24(19-10-13-40-16-19)25-22(35(4)28(26)37)15-30-29(33-25)32-21-7-6-18(14-23(21)38-5)27(36)31-20-8-11-34(3)12-9-20/h6-7,10,13-17,20H,8-9,11-12H2,1-5H3,(H,31,36)(H,30,32,33). The smallest absolute Gasteiger partial charge is 0.293 e. The topological polar surface area (TPSA) is 111 Å². The minimum atomic E-state index is -0.248. The first-order valence-electron chi connectivity index (χ1n) is 13.3. The fourth-order valence-electron chi connectivity index (χ4n) is 4.84. The normalized spacial score (nSPS) is 14.4. The molecule has 0 bridgehead atoms. The van der Waals surface area contributed by atoms with Crippen LogP contribution in [0.15, 0.2) is 46.0 Å². The van der Waals surface area contributed by atoms with Crippen molar-refractivity contribution in [2.45, 2.75) is 38.8 Å². The lowest BCUT2D eigenvalue weighted by atomic mass is 10.0. The van der Waals surface area contributed by atoms with Gasteiger partial charge in [-0.2, -0.15) is 11.3 Å². The molecule has 0 spiro atoms. The highest BCUT2D eigenvalue weighted by Crippen LogP contribution is 2.36. The van der Waals surface area contributed by atoms with Crippen LogP contribution in [-0.4, -0.2) is 64.7 Å². The summed E-state index contributed by atoms with van der Waals surface area (Å²) in [4.78, 5) is 37.7. The first kappa shape index (κ1) is 27.6. The molecule has 11 heteroatoms. The molecule has 1 saturated heterocycles. The Balaban J connectivity index is 1.48. The number of rotatable bonds is 8. The SMILES string of the molecule is COc1cc(C(=O)NC2CCN(C)CC2)ccc1Nc1ncc2c(n1)c(-c1ccsc1)c(OC(C)C)c(=O)n2C. The second-order valence-corrected chi connectivity index (χ2v) is 11.0. The molecular weight excluding hydrogens is 528 g/mol. The highest BCUT2D eigenvalue weighted by molar-refractivity contribution is 7.08. The number of hydrogen-bond donors (Lipinski definition) is 2. The largest absolute Gasteiger partial charge is 0.495 e. The number of pyridine rings is 1. The molecule has 5 rings (SSSR count). The van der Waals surface area contributed by atoms with E-state index in [0.29, 0.717) is 39.5 Å². The maximum Gasteiger partial charge on any atom is 0.293 e. The van der Waals surface area contributed by atoms with Crippen LogP contribution in [0.25, 0.3) is 22.2 Å². The summed E-state index contributed by atoms with van der Waals surface area (Å²) < 4.78 is 13.1. The van der Waals surface area contributed by atoms with Crippen LogP contribution in [0.3, 0.4) is 0 Å². The molecule has 0 unspecified atom stereocenters. The van der Waals surface area contributed by atoms with E-state index in [1.807, 2.05) is 30.7 Å². The molecule has 40 heavy (non-hydrogen) atoms. The van der Waals surface area contributed by atoms with Crippen LogP contribution in [0, 0.1) is 0 Å². The number of anilines is 2. The highest BCUT2D eigenvalue weighted by atomic mass is 32.1. The summed E-state index contributed by atoms with van der Waals surface area (Å²) >= 11 is 1.53. The quantitative estimate of drug-likeness (QED) is 0.325. The Morgan fingerprint density at radius 1 is 1.18 bits per heavy atom. The molecule has 3 aromatic heterocycles. The third-order valence-electron chi connectivity index (χ3n) is 7.02. The second kappa shape index (κ2) is 11.6. The fraction of sp³-hybridized carbons (Fsp3) is 0.379. The van der Waals surface area contributed by atoms with Gasteiger partial charge in [0.05, 0.1) is 36.2 Å². The number of thiophene rings is 1. The third-order valence-corrected chi connectivity index (χ3v) is 7.70. The molecule has 1 fully saturated rings. The molecule has 4 heterocycles. The zero-order chi connectivity index (χ0) is 28.4. The van der Waals surface area contributed by atoms with Gasteiger partial charge in [-0.05, 0) is 87.4 Å². The van der Waals surface area contributed by atoms with Crippen LogP contribution < -0.4 is 25.7 Å². The number of ether oxygens (including phenoxy) is 2. The lowest BCUT2D eigenvalue weighted by molar-refractivity contribution is 0.0916. The van der Waals surface area contributed by atoms with Gasteiger partial charge in [0, 0.05) is 18.7 Å². The number of piperidine rings is 1. The van der Waals surface area contributed by atoms with Crippen LogP contribution in [0.1, 0.15) is 37.0 Å². The van der Waals surface area contributed by atoms with Crippen molar-refractivity contribution in [3.05, 3.63) is 57.1 Å². The van der Waals surface area contributed by atoms with Crippen molar-refractivity contribution >= 4 is 39.9 Å². The molecule has 0 aliphatic carbocycles. The summed E-state index contributed by atoms with van der Waals surface area (Å²) in [6.45, 7) is 5.71. The number of carbonyl (C=O) groups is 1. The number of nitrogens with zero attached hydrogens (tertiary/aromatic N) is 4. The zero-order valence-electron chi connectivity index (χ0n) is 23.4. The molecule has 1 aliphatic heterocycles. The Labute approximate surface area is 237 Å². The first-order chi connectivity index (χ1) is 19.2. The van der Waals surface area contributed by atoms with Crippen LogP contribution in [0.5, 0.6) is 11.5 Å². The van der Waals surface area contributed by atoms with Gasteiger partial charge in [0.1, 0.15) is 11.3 Å². The molecular formula is C29H34N6O4S. The number of amides is 1. The molecule has 210 valence electrons. The lowest BCUT2D eigenvalue weighted by Gasteiger charge is -2.29. The van der Waals surface area contributed by atoms with Gasteiger partial charge in [-0.25, -0.2) is 9.97 Å². The van der Waals surface area contributed by atoms with Gasteiger partial charge < -0.3 is 29.6 Å². The number of aryl methyl sites for hydroxylation is 1. The van der Waals surface area contributed by atoms with Crippen LogP contribution in [0.4, 0.5) is 11.6 Å².